The number of carbonyl (C=O) groups is 2. The molecule has 1 aromatic heterocycles. The minimum Gasteiger partial charge on any atom is -0.468 e. The third kappa shape index (κ3) is 5.77. The number of hydrogen-bond acceptors (Lipinski definition) is 4. The number of furan rings is 1. The molecule has 134 valence electrons. The van der Waals surface area contributed by atoms with Crippen LogP contribution in [0.5, 0.6) is 0 Å². The zero-order chi connectivity index (χ0) is 18.4. The first-order chi connectivity index (χ1) is 11.9. The van der Waals surface area contributed by atoms with Gasteiger partial charge < -0.3 is 14.6 Å². The number of halogens is 2. The van der Waals surface area contributed by atoms with Crippen molar-refractivity contribution in [2.45, 2.75) is 13.0 Å². The molecule has 1 atom stereocenters. The summed E-state index contributed by atoms with van der Waals surface area (Å²) in [5.74, 6) is 0.212. The van der Waals surface area contributed by atoms with Crippen molar-refractivity contribution in [1.82, 2.24) is 10.2 Å². The third-order valence-electron chi connectivity index (χ3n) is 3.54. The third-order valence-corrected chi connectivity index (χ3v) is 4.28. The minimum absolute atomic E-state index is 0.0735. The molecule has 2 amide bonds. The molecule has 0 fully saturated rings. The molecule has 0 saturated heterocycles. The first-order valence-electron chi connectivity index (χ1n) is 7.62. The lowest BCUT2D eigenvalue weighted by Crippen LogP contribution is -2.40. The fourth-order valence-corrected chi connectivity index (χ4v) is 2.39. The summed E-state index contributed by atoms with van der Waals surface area (Å²) in [6.07, 6.45) is 1.58. The van der Waals surface area contributed by atoms with Gasteiger partial charge in [0.05, 0.1) is 35.4 Å². The van der Waals surface area contributed by atoms with Crippen molar-refractivity contribution in [1.29, 1.82) is 0 Å². The maximum Gasteiger partial charge on any atom is 0.243 e. The summed E-state index contributed by atoms with van der Waals surface area (Å²) >= 11 is 11.7. The molecule has 2 rings (SSSR count). The second-order valence-corrected chi connectivity index (χ2v) is 6.36. The number of likely N-dealkylation sites (N-methyl/N-ethyl adjacent to an activating group) is 1. The Hall–Kier alpha value is -2.02. The van der Waals surface area contributed by atoms with E-state index in [1.807, 2.05) is 13.0 Å². The summed E-state index contributed by atoms with van der Waals surface area (Å²) in [6.45, 7) is 1.91. The number of amides is 2. The van der Waals surface area contributed by atoms with E-state index in [4.69, 9.17) is 27.6 Å². The number of carbonyl (C=O) groups excluding carboxylic acids is 2. The van der Waals surface area contributed by atoms with Crippen molar-refractivity contribution in [2.75, 3.05) is 25.5 Å². The first-order valence-corrected chi connectivity index (χ1v) is 8.38. The number of anilines is 1. The average molecular weight is 384 g/mol. The number of benzene rings is 1. The smallest absolute Gasteiger partial charge is 0.243 e. The van der Waals surface area contributed by atoms with E-state index >= 15 is 0 Å². The van der Waals surface area contributed by atoms with Crippen molar-refractivity contribution >= 4 is 40.7 Å². The van der Waals surface area contributed by atoms with Crippen molar-refractivity contribution in [3.8, 4) is 0 Å². The minimum atomic E-state index is -0.326. The van der Waals surface area contributed by atoms with Crippen molar-refractivity contribution < 1.29 is 14.0 Å². The lowest BCUT2D eigenvalue weighted by molar-refractivity contribution is -0.132. The van der Waals surface area contributed by atoms with Crippen LogP contribution in [0.1, 0.15) is 18.7 Å². The van der Waals surface area contributed by atoms with E-state index in [0.717, 1.165) is 5.76 Å². The Labute approximate surface area is 156 Å². The monoisotopic (exact) mass is 383 g/mol. The Kier molecular flexibility index (Phi) is 6.87. The van der Waals surface area contributed by atoms with Crippen LogP contribution in [0.15, 0.2) is 41.0 Å². The van der Waals surface area contributed by atoms with Crippen LogP contribution in [0.4, 0.5) is 5.69 Å². The SMILES string of the molecule is C[C@H](NCC(=O)N(C)CC(=O)Nc1ccc(Cl)c(Cl)c1)c1ccco1. The zero-order valence-electron chi connectivity index (χ0n) is 13.9. The Morgan fingerprint density at radius 2 is 2.00 bits per heavy atom. The molecule has 2 aromatic rings. The van der Waals surface area contributed by atoms with Crippen LogP contribution in [-0.2, 0) is 9.59 Å². The fourth-order valence-electron chi connectivity index (χ4n) is 2.09. The van der Waals surface area contributed by atoms with E-state index in [0.29, 0.717) is 15.7 Å². The molecule has 1 aromatic carbocycles. The van der Waals surface area contributed by atoms with Crippen LogP contribution in [0, 0.1) is 0 Å². The molecule has 0 radical (unpaired) electrons. The summed E-state index contributed by atoms with van der Waals surface area (Å²) in [7, 11) is 1.57. The second kappa shape index (κ2) is 8.89. The molecule has 2 N–H and O–H groups in total. The highest BCUT2D eigenvalue weighted by atomic mass is 35.5. The highest BCUT2D eigenvalue weighted by molar-refractivity contribution is 6.42. The van der Waals surface area contributed by atoms with Crippen LogP contribution in [0.3, 0.4) is 0 Å². The van der Waals surface area contributed by atoms with Crippen LogP contribution in [0.25, 0.3) is 0 Å². The molecular formula is C17H19Cl2N3O3. The topological polar surface area (TPSA) is 74.6 Å². The summed E-state index contributed by atoms with van der Waals surface area (Å²) in [5.41, 5.74) is 0.518. The average Bonchev–Trinajstić information content (AvgIpc) is 3.10. The fraction of sp³-hybridized carbons (Fsp3) is 0.294. The standard InChI is InChI=1S/C17H19Cl2N3O3/c1-11(15-4-3-7-25-15)20-9-17(24)22(2)10-16(23)21-12-5-6-13(18)14(19)8-12/h3-8,11,20H,9-10H2,1-2H3,(H,21,23)/t11-/m0/s1. The molecular weight excluding hydrogens is 365 g/mol. The van der Waals surface area contributed by atoms with E-state index in [1.165, 1.54) is 4.90 Å². The van der Waals surface area contributed by atoms with Gasteiger partial charge in [-0.3, -0.25) is 14.9 Å². The first kappa shape index (κ1) is 19.3. The van der Waals surface area contributed by atoms with Crippen LogP contribution >= 0.6 is 23.2 Å². The molecule has 6 nitrogen and oxygen atoms in total. The molecule has 8 heteroatoms. The van der Waals surface area contributed by atoms with Crippen molar-refractivity contribution in [2.24, 2.45) is 0 Å². The Balaban J connectivity index is 1.79. The van der Waals surface area contributed by atoms with Gasteiger partial charge in [0.2, 0.25) is 11.8 Å². The van der Waals surface area contributed by atoms with Crippen molar-refractivity contribution in [3.05, 3.63) is 52.4 Å². The van der Waals surface area contributed by atoms with Crippen LogP contribution < -0.4 is 10.6 Å². The summed E-state index contributed by atoms with van der Waals surface area (Å²) < 4.78 is 5.27. The van der Waals surface area contributed by atoms with Crippen LogP contribution in [0.2, 0.25) is 10.0 Å². The number of rotatable bonds is 7. The van der Waals surface area contributed by atoms with Gasteiger partial charge in [0.1, 0.15) is 5.76 Å². The molecule has 0 aliphatic carbocycles. The summed E-state index contributed by atoms with van der Waals surface area (Å²) in [6, 6.07) is 8.30. The van der Waals surface area contributed by atoms with Gasteiger partial charge in [-0.1, -0.05) is 23.2 Å². The van der Waals surface area contributed by atoms with E-state index in [9.17, 15) is 9.59 Å². The normalized spacial score (nSPS) is 11.8. The number of nitrogens with one attached hydrogen (secondary N) is 2. The number of hydrogen-bond donors (Lipinski definition) is 2. The molecule has 0 spiro atoms. The second-order valence-electron chi connectivity index (χ2n) is 5.54. The maximum absolute atomic E-state index is 12.1. The Morgan fingerprint density at radius 3 is 2.64 bits per heavy atom. The quantitative estimate of drug-likeness (QED) is 0.768. The van der Waals surface area contributed by atoms with Crippen molar-refractivity contribution in [3.63, 3.8) is 0 Å². The van der Waals surface area contributed by atoms with Gasteiger partial charge in [-0.05, 0) is 37.3 Å². The lowest BCUT2D eigenvalue weighted by atomic mass is 10.2. The largest absolute Gasteiger partial charge is 0.468 e. The van der Waals surface area contributed by atoms with E-state index < -0.39 is 0 Å². The Bertz CT molecular complexity index is 735. The molecule has 0 aliphatic heterocycles. The highest BCUT2D eigenvalue weighted by Gasteiger charge is 2.15. The molecule has 0 bridgehead atoms. The van der Waals surface area contributed by atoms with E-state index in [1.54, 1.807) is 37.6 Å². The van der Waals surface area contributed by atoms with Crippen LogP contribution in [-0.4, -0.2) is 36.9 Å². The highest BCUT2D eigenvalue weighted by Crippen LogP contribution is 2.24. The summed E-state index contributed by atoms with van der Waals surface area (Å²) in [4.78, 5) is 25.5. The zero-order valence-corrected chi connectivity index (χ0v) is 15.4. The van der Waals surface area contributed by atoms with E-state index in [-0.39, 0.29) is 30.9 Å². The van der Waals surface area contributed by atoms with Gasteiger partial charge in [-0.25, -0.2) is 0 Å². The Morgan fingerprint density at radius 1 is 1.24 bits per heavy atom. The molecule has 1 heterocycles. The predicted octanol–water partition coefficient (Wildman–Crippen LogP) is 3.33. The molecule has 0 saturated carbocycles. The van der Waals surface area contributed by atoms with Gasteiger partial charge in [0.25, 0.3) is 0 Å². The van der Waals surface area contributed by atoms with Gasteiger partial charge in [-0.15, -0.1) is 0 Å². The van der Waals surface area contributed by atoms with Gasteiger partial charge in [0, 0.05) is 12.7 Å². The molecule has 0 unspecified atom stereocenters. The van der Waals surface area contributed by atoms with Gasteiger partial charge >= 0.3 is 0 Å². The lowest BCUT2D eigenvalue weighted by Gasteiger charge is -2.18. The maximum atomic E-state index is 12.1. The van der Waals surface area contributed by atoms with Gasteiger partial charge in [0.15, 0.2) is 0 Å². The summed E-state index contributed by atoms with van der Waals surface area (Å²) in [5, 5.41) is 6.48. The predicted molar refractivity (Wildman–Crippen MR) is 97.9 cm³/mol. The number of nitrogens with zero attached hydrogens (tertiary/aromatic N) is 1. The van der Waals surface area contributed by atoms with E-state index in [2.05, 4.69) is 10.6 Å². The molecule has 0 aliphatic rings. The molecule has 25 heavy (non-hydrogen) atoms. The van der Waals surface area contributed by atoms with Gasteiger partial charge in [-0.2, -0.15) is 0 Å².